The number of rotatable bonds is 4. The lowest BCUT2D eigenvalue weighted by atomic mass is 9.63. The first-order valence-corrected chi connectivity index (χ1v) is 8.80. The molecule has 0 aliphatic heterocycles. The van der Waals surface area contributed by atoms with E-state index in [4.69, 9.17) is 14.2 Å². The maximum atomic E-state index is 12.2. The predicted octanol–water partition coefficient (Wildman–Crippen LogP) is 3.06. The number of allylic oxidation sites excluding steroid dienone is 1. The summed E-state index contributed by atoms with van der Waals surface area (Å²) < 4.78 is 16.5. The quantitative estimate of drug-likeness (QED) is 0.484. The summed E-state index contributed by atoms with van der Waals surface area (Å²) in [5.74, 6) is -0.0205. The fourth-order valence-electron chi connectivity index (χ4n) is 4.11. The maximum absolute atomic E-state index is 12.2. The van der Waals surface area contributed by atoms with E-state index in [9.17, 15) is 9.90 Å². The van der Waals surface area contributed by atoms with Crippen LogP contribution in [0.4, 0.5) is 0 Å². The number of aliphatic hydroxyl groups excluding tert-OH is 1. The molecule has 5 heteroatoms. The normalized spacial score (nSPS) is 36.7. The van der Waals surface area contributed by atoms with Crippen LogP contribution in [-0.4, -0.2) is 43.3 Å². The summed E-state index contributed by atoms with van der Waals surface area (Å²) >= 11 is 0. The van der Waals surface area contributed by atoms with E-state index in [1.807, 2.05) is 26.8 Å². The number of carbonyl (C=O) groups is 1. The van der Waals surface area contributed by atoms with Gasteiger partial charge in [-0.3, -0.25) is 4.79 Å². The number of methoxy groups -OCH3 is 1. The Morgan fingerprint density at radius 1 is 1.42 bits per heavy atom. The van der Waals surface area contributed by atoms with E-state index in [1.54, 1.807) is 7.11 Å². The highest BCUT2D eigenvalue weighted by Gasteiger charge is 2.52. The van der Waals surface area contributed by atoms with Gasteiger partial charge in [0.25, 0.3) is 0 Å². The highest BCUT2D eigenvalue weighted by molar-refractivity contribution is 5.75. The molecular weight excluding hydrogens is 308 g/mol. The standard InChI is InChI=1S/C19H32O5/c1-12-9-15(20)16(23-11-22-6)13(2)19(12)8-7-14(10-19)24-17(21)18(3,4)5/h9,13-16,20H,7-8,10-11H2,1-6H3/t13-,14+,15+,16-,19-/m1/s1. The molecule has 1 spiro atoms. The van der Waals surface area contributed by atoms with Crippen molar-refractivity contribution in [1.82, 2.24) is 0 Å². The zero-order chi connectivity index (χ0) is 18.1. The third-order valence-electron chi connectivity index (χ3n) is 5.68. The highest BCUT2D eigenvalue weighted by atomic mass is 16.7. The minimum Gasteiger partial charge on any atom is -0.462 e. The highest BCUT2D eigenvalue weighted by Crippen LogP contribution is 2.54. The van der Waals surface area contributed by atoms with Crippen molar-refractivity contribution in [1.29, 1.82) is 0 Å². The molecule has 0 unspecified atom stereocenters. The van der Waals surface area contributed by atoms with Gasteiger partial charge >= 0.3 is 5.97 Å². The van der Waals surface area contributed by atoms with Crippen molar-refractivity contribution < 1.29 is 24.1 Å². The molecule has 0 aromatic rings. The smallest absolute Gasteiger partial charge is 0.311 e. The van der Waals surface area contributed by atoms with Gasteiger partial charge in [0.15, 0.2) is 0 Å². The third-order valence-corrected chi connectivity index (χ3v) is 5.68. The van der Waals surface area contributed by atoms with Crippen LogP contribution in [0.5, 0.6) is 0 Å². The largest absolute Gasteiger partial charge is 0.462 e. The Bertz CT molecular complexity index is 492. The minimum absolute atomic E-state index is 0.0687. The van der Waals surface area contributed by atoms with Gasteiger partial charge in [-0.25, -0.2) is 0 Å². The van der Waals surface area contributed by atoms with E-state index in [0.29, 0.717) is 0 Å². The zero-order valence-electron chi connectivity index (χ0n) is 15.8. The van der Waals surface area contributed by atoms with E-state index in [2.05, 4.69) is 13.8 Å². The van der Waals surface area contributed by atoms with Crippen molar-refractivity contribution in [2.24, 2.45) is 16.7 Å². The third kappa shape index (κ3) is 3.68. The van der Waals surface area contributed by atoms with Crippen LogP contribution < -0.4 is 0 Å². The second kappa shape index (κ2) is 7.14. The molecule has 2 aliphatic rings. The van der Waals surface area contributed by atoms with Gasteiger partial charge < -0.3 is 19.3 Å². The van der Waals surface area contributed by atoms with Gasteiger partial charge in [0, 0.05) is 7.11 Å². The van der Waals surface area contributed by atoms with E-state index in [-0.39, 0.29) is 36.3 Å². The Morgan fingerprint density at radius 3 is 2.67 bits per heavy atom. The number of esters is 1. The Labute approximate surface area is 145 Å². The average molecular weight is 340 g/mol. The first kappa shape index (κ1) is 19.4. The van der Waals surface area contributed by atoms with Gasteiger partial charge in [-0.05, 0) is 58.3 Å². The number of aliphatic hydroxyl groups is 1. The van der Waals surface area contributed by atoms with Crippen LogP contribution in [-0.2, 0) is 19.0 Å². The molecule has 5 nitrogen and oxygen atoms in total. The molecular formula is C19H32O5. The number of carbonyl (C=O) groups excluding carboxylic acids is 1. The molecule has 0 radical (unpaired) electrons. The Hall–Kier alpha value is -0.910. The van der Waals surface area contributed by atoms with E-state index >= 15 is 0 Å². The summed E-state index contributed by atoms with van der Waals surface area (Å²) in [4.78, 5) is 12.2. The lowest BCUT2D eigenvalue weighted by Gasteiger charge is -2.46. The fraction of sp³-hybridized carbons (Fsp3) is 0.842. The predicted molar refractivity (Wildman–Crippen MR) is 91.3 cm³/mol. The van der Waals surface area contributed by atoms with Crippen molar-refractivity contribution in [2.45, 2.75) is 72.2 Å². The lowest BCUT2D eigenvalue weighted by molar-refractivity contribution is -0.160. The minimum atomic E-state index is -0.628. The molecule has 0 bridgehead atoms. The molecule has 1 fully saturated rings. The molecule has 1 saturated carbocycles. The molecule has 0 heterocycles. The molecule has 2 rings (SSSR count). The summed E-state index contributed by atoms with van der Waals surface area (Å²) in [6.45, 7) is 9.98. The van der Waals surface area contributed by atoms with E-state index in [0.717, 1.165) is 19.3 Å². The van der Waals surface area contributed by atoms with Crippen molar-refractivity contribution in [3.63, 3.8) is 0 Å². The topological polar surface area (TPSA) is 65.0 Å². The van der Waals surface area contributed by atoms with Crippen LogP contribution in [0, 0.1) is 16.7 Å². The van der Waals surface area contributed by atoms with Crippen LogP contribution in [0.1, 0.15) is 53.9 Å². The van der Waals surface area contributed by atoms with Crippen molar-refractivity contribution in [2.75, 3.05) is 13.9 Å². The molecule has 0 aromatic carbocycles. The van der Waals surface area contributed by atoms with Crippen molar-refractivity contribution >= 4 is 5.97 Å². The Kier molecular flexibility index (Phi) is 5.78. The first-order valence-electron chi connectivity index (χ1n) is 8.80. The first-order chi connectivity index (χ1) is 11.1. The van der Waals surface area contributed by atoms with Crippen LogP contribution in [0.2, 0.25) is 0 Å². The maximum Gasteiger partial charge on any atom is 0.311 e. The monoisotopic (exact) mass is 340 g/mol. The molecule has 2 aliphatic carbocycles. The number of hydrogen-bond donors (Lipinski definition) is 1. The fourth-order valence-corrected chi connectivity index (χ4v) is 4.11. The summed E-state index contributed by atoms with van der Waals surface area (Å²) in [7, 11) is 1.58. The van der Waals surface area contributed by atoms with Gasteiger partial charge in [-0.2, -0.15) is 0 Å². The van der Waals surface area contributed by atoms with Gasteiger partial charge in [-0.1, -0.05) is 18.6 Å². The Balaban J connectivity index is 2.14. The van der Waals surface area contributed by atoms with Crippen LogP contribution >= 0.6 is 0 Å². The molecule has 138 valence electrons. The van der Waals surface area contributed by atoms with E-state index < -0.39 is 11.5 Å². The molecule has 5 atom stereocenters. The molecule has 0 saturated heterocycles. The second-order valence-corrected chi connectivity index (χ2v) is 8.34. The van der Waals surface area contributed by atoms with Gasteiger partial charge in [-0.15, -0.1) is 0 Å². The van der Waals surface area contributed by atoms with Crippen molar-refractivity contribution in [3.05, 3.63) is 11.6 Å². The van der Waals surface area contributed by atoms with Gasteiger partial charge in [0.2, 0.25) is 0 Å². The lowest BCUT2D eigenvalue weighted by Crippen LogP contribution is -2.47. The van der Waals surface area contributed by atoms with E-state index in [1.165, 1.54) is 5.57 Å². The number of hydrogen-bond acceptors (Lipinski definition) is 5. The zero-order valence-corrected chi connectivity index (χ0v) is 15.8. The van der Waals surface area contributed by atoms with Gasteiger partial charge in [0.1, 0.15) is 12.9 Å². The summed E-state index contributed by atoms with van der Waals surface area (Å²) in [5.41, 5.74) is 0.605. The molecule has 1 N–H and O–H groups in total. The summed E-state index contributed by atoms with van der Waals surface area (Å²) in [5, 5.41) is 10.4. The molecule has 24 heavy (non-hydrogen) atoms. The van der Waals surface area contributed by atoms with Crippen LogP contribution in [0.25, 0.3) is 0 Å². The molecule has 0 aromatic heterocycles. The van der Waals surface area contributed by atoms with Gasteiger partial charge in [0.05, 0.1) is 17.6 Å². The van der Waals surface area contributed by atoms with Crippen LogP contribution in [0.15, 0.2) is 11.6 Å². The average Bonchev–Trinajstić information content (AvgIpc) is 2.90. The molecule has 0 amide bonds. The summed E-state index contributed by atoms with van der Waals surface area (Å²) in [6.07, 6.45) is 3.48. The summed E-state index contributed by atoms with van der Waals surface area (Å²) in [6, 6.07) is 0. The van der Waals surface area contributed by atoms with Crippen LogP contribution in [0.3, 0.4) is 0 Å². The number of ether oxygens (including phenoxy) is 3. The Morgan fingerprint density at radius 2 is 2.08 bits per heavy atom. The van der Waals surface area contributed by atoms with Crippen molar-refractivity contribution in [3.8, 4) is 0 Å². The second-order valence-electron chi connectivity index (χ2n) is 8.34. The SMILES string of the molecule is COCO[C@@H]1[C@@H](C)[C@@]2(CC[C@H](OC(=O)C(C)(C)C)C2)C(C)=C[C@@H]1O.